The fraction of sp³-hybridized carbons (Fsp3) is 0.783. The van der Waals surface area contributed by atoms with Crippen LogP contribution in [0.15, 0.2) is 11.6 Å². The van der Waals surface area contributed by atoms with Crippen molar-refractivity contribution in [1.29, 1.82) is 0 Å². The van der Waals surface area contributed by atoms with Gasteiger partial charge in [-0.1, -0.05) is 19.4 Å². The van der Waals surface area contributed by atoms with Crippen LogP contribution in [0.3, 0.4) is 0 Å². The second kappa shape index (κ2) is 6.51. The van der Waals surface area contributed by atoms with E-state index in [0.29, 0.717) is 30.6 Å². The van der Waals surface area contributed by atoms with Crippen LogP contribution >= 0.6 is 0 Å². The zero-order valence-electron chi connectivity index (χ0n) is 17.3. The Balaban J connectivity index is 1.60. The van der Waals surface area contributed by atoms with Crippen LogP contribution in [0.5, 0.6) is 0 Å². The molecule has 4 rings (SSSR count). The van der Waals surface area contributed by atoms with Crippen molar-refractivity contribution in [3.05, 3.63) is 11.6 Å². The van der Waals surface area contributed by atoms with Crippen molar-refractivity contribution < 1.29 is 24.2 Å². The second-order valence-electron chi connectivity index (χ2n) is 10.0. The fourth-order valence-corrected chi connectivity index (χ4v) is 7.32. The van der Waals surface area contributed by atoms with E-state index < -0.39 is 17.0 Å². The predicted molar refractivity (Wildman–Crippen MR) is 103 cm³/mol. The maximum Gasteiger partial charge on any atom is 0.303 e. The van der Waals surface area contributed by atoms with Crippen LogP contribution in [-0.4, -0.2) is 34.9 Å². The van der Waals surface area contributed by atoms with Gasteiger partial charge in [0.1, 0.15) is 5.60 Å². The molecule has 0 radical (unpaired) electrons. The average molecular weight is 389 g/mol. The predicted octanol–water partition coefficient (Wildman–Crippen LogP) is 3.38. The maximum atomic E-state index is 12.8. The molecule has 3 unspecified atom stereocenters. The highest BCUT2D eigenvalue weighted by Crippen LogP contribution is 2.67. The van der Waals surface area contributed by atoms with Crippen molar-refractivity contribution in [3.63, 3.8) is 0 Å². The van der Waals surface area contributed by atoms with Gasteiger partial charge < -0.3 is 9.84 Å². The zero-order chi connectivity index (χ0) is 20.3. The molecule has 5 heteroatoms. The molecular formula is C23H32O5. The minimum absolute atomic E-state index is 0.0839. The Hall–Kier alpha value is -1.49. The van der Waals surface area contributed by atoms with Crippen LogP contribution in [-0.2, 0) is 19.1 Å². The largest absolute Gasteiger partial charge is 0.458 e. The van der Waals surface area contributed by atoms with Gasteiger partial charge in [0.25, 0.3) is 0 Å². The molecule has 0 amide bonds. The summed E-state index contributed by atoms with van der Waals surface area (Å²) in [6.45, 7) is 5.35. The molecule has 3 fully saturated rings. The molecule has 0 bridgehead atoms. The van der Waals surface area contributed by atoms with Gasteiger partial charge in [0, 0.05) is 18.8 Å². The lowest BCUT2D eigenvalue weighted by Gasteiger charge is -2.58. The van der Waals surface area contributed by atoms with E-state index in [2.05, 4.69) is 13.8 Å². The Labute approximate surface area is 166 Å². The van der Waals surface area contributed by atoms with Crippen molar-refractivity contribution in [2.24, 2.45) is 28.6 Å². The summed E-state index contributed by atoms with van der Waals surface area (Å²) >= 11 is 0. The Morgan fingerprint density at radius 3 is 2.54 bits per heavy atom. The zero-order valence-corrected chi connectivity index (χ0v) is 17.3. The van der Waals surface area contributed by atoms with Crippen molar-refractivity contribution in [3.8, 4) is 0 Å². The van der Waals surface area contributed by atoms with Crippen molar-refractivity contribution >= 4 is 17.5 Å². The summed E-state index contributed by atoms with van der Waals surface area (Å²) in [4.78, 5) is 35.9. The van der Waals surface area contributed by atoms with E-state index >= 15 is 0 Å². The van der Waals surface area contributed by atoms with E-state index in [0.717, 1.165) is 38.5 Å². The summed E-state index contributed by atoms with van der Waals surface area (Å²) in [6.07, 6.45) is 8.53. The first-order valence-electron chi connectivity index (χ1n) is 10.7. The average Bonchev–Trinajstić information content (AvgIpc) is 2.92. The van der Waals surface area contributed by atoms with E-state index in [1.807, 2.05) is 6.08 Å². The number of allylic oxidation sites excluding steroid dienone is 1. The summed E-state index contributed by atoms with van der Waals surface area (Å²) in [5.74, 6) is 0.712. The van der Waals surface area contributed by atoms with Crippen LogP contribution in [0.4, 0.5) is 0 Å². The first kappa shape index (κ1) is 19.8. The number of hydrogen-bond acceptors (Lipinski definition) is 5. The molecule has 0 aliphatic heterocycles. The summed E-state index contributed by atoms with van der Waals surface area (Å²) in [7, 11) is 0. The molecule has 0 aromatic heterocycles. The van der Waals surface area contributed by atoms with E-state index in [-0.39, 0.29) is 23.6 Å². The molecular weight excluding hydrogens is 356 g/mol. The maximum absolute atomic E-state index is 12.8. The number of ether oxygens (including phenoxy) is 1. The minimum atomic E-state index is -1.41. The molecule has 0 heterocycles. The van der Waals surface area contributed by atoms with Crippen LogP contribution in [0, 0.1) is 28.6 Å². The number of hydrogen-bond donors (Lipinski definition) is 1. The van der Waals surface area contributed by atoms with Gasteiger partial charge in [0.05, 0.1) is 0 Å². The monoisotopic (exact) mass is 388 g/mol. The number of carbonyl (C=O) groups is 3. The van der Waals surface area contributed by atoms with E-state index in [1.54, 1.807) is 0 Å². The lowest BCUT2D eigenvalue weighted by atomic mass is 9.46. The van der Waals surface area contributed by atoms with Crippen LogP contribution in [0.1, 0.15) is 72.1 Å². The van der Waals surface area contributed by atoms with Crippen LogP contribution < -0.4 is 0 Å². The van der Waals surface area contributed by atoms with E-state index in [4.69, 9.17) is 4.74 Å². The lowest BCUT2D eigenvalue weighted by Crippen LogP contribution is -2.58. The van der Waals surface area contributed by atoms with Crippen molar-refractivity contribution in [1.82, 2.24) is 0 Å². The van der Waals surface area contributed by atoms with Gasteiger partial charge in [0.2, 0.25) is 5.78 Å². The normalized spacial score (nSPS) is 44.8. The molecule has 4 aliphatic rings. The smallest absolute Gasteiger partial charge is 0.303 e. The third-order valence-corrected chi connectivity index (χ3v) is 8.98. The first-order chi connectivity index (χ1) is 13.1. The number of carbonyl (C=O) groups excluding carboxylic acids is 3. The van der Waals surface area contributed by atoms with Gasteiger partial charge in [-0.3, -0.25) is 14.4 Å². The number of Topliss-reactive ketones (excluding diaryl/α,β-unsaturated/α-hetero) is 1. The quantitative estimate of drug-likeness (QED) is 0.750. The van der Waals surface area contributed by atoms with Gasteiger partial charge in [-0.05, 0) is 74.2 Å². The topological polar surface area (TPSA) is 80.7 Å². The standard InChI is InChI=1S/C23H32O5/c1-14(24)28-13-20(26)23(27)11-8-19-17-5-4-15-12-16(25)6-9-21(15,2)18(17)7-10-22(19,23)3/h12,17-19,27H,4-11,13H2,1-3H3/t17?,18?,19?,21-,22-,23-/m0/s1. The van der Waals surface area contributed by atoms with E-state index in [1.165, 1.54) is 12.5 Å². The first-order valence-corrected chi connectivity index (χ1v) is 10.7. The molecule has 0 aromatic carbocycles. The Morgan fingerprint density at radius 1 is 1.11 bits per heavy atom. The molecule has 0 saturated heterocycles. The molecule has 6 atom stereocenters. The summed E-state index contributed by atoms with van der Waals surface area (Å²) in [5, 5.41) is 11.5. The summed E-state index contributed by atoms with van der Waals surface area (Å²) < 4.78 is 4.92. The highest BCUT2D eigenvalue weighted by Gasteiger charge is 2.66. The van der Waals surface area contributed by atoms with Gasteiger partial charge >= 0.3 is 5.97 Å². The highest BCUT2D eigenvalue weighted by molar-refractivity contribution is 5.92. The van der Waals surface area contributed by atoms with Crippen molar-refractivity contribution in [2.45, 2.75) is 77.7 Å². The molecule has 28 heavy (non-hydrogen) atoms. The van der Waals surface area contributed by atoms with E-state index in [9.17, 15) is 19.5 Å². The number of rotatable bonds is 3. The highest BCUT2D eigenvalue weighted by atomic mass is 16.5. The minimum Gasteiger partial charge on any atom is -0.458 e. The Kier molecular flexibility index (Phi) is 4.61. The Bertz CT molecular complexity index is 754. The molecule has 1 N–H and O–H groups in total. The van der Waals surface area contributed by atoms with Crippen LogP contribution in [0.2, 0.25) is 0 Å². The number of esters is 1. The Morgan fingerprint density at radius 2 is 1.82 bits per heavy atom. The summed E-state index contributed by atoms with van der Waals surface area (Å²) in [6, 6.07) is 0. The van der Waals surface area contributed by atoms with Gasteiger partial charge in [0.15, 0.2) is 12.4 Å². The number of aliphatic hydroxyl groups is 1. The third kappa shape index (κ3) is 2.65. The van der Waals surface area contributed by atoms with Crippen molar-refractivity contribution in [2.75, 3.05) is 6.61 Å². The van der Waals surface area contributed by atoms with Gasteiger partial charge in [-0.15, -0.1) is 0 Å². The molecule has 4 aliphatic carbocycles. The molecule has 154 valence electrons. The summed E-state index contributed by atoms with van der Waals surface area (Å²) in [5.41, 5.74) is -0.459. The molecule has 3 saturated carbocycles. The van der Waals surface area contributed by atoms with Crippen LogP contribution in [0.25, 0.3) is 0 Å². The lowest BCUT2D eigenvalue weighted by molar-refractivity contribution is -0.169. The molecule has 0 aromatic rings. The number of ketones is 2. The number of fused-ring (bicyclic) bond motifs is 5. The third-order valence-electron chi connectivity index (χ3n) is 8.98. The fourth-order valence-electron chi connectivity index (χ4n) is 7.32. The van der Waals surface area contributed by atoms with Gasteiger partial charge in [-0.25, -0.2) is 0 Å². The molecule has 5 nitrogen and oxygen atoms in total. The second-order valence-corrected chi connectivity index (χ2v) is 10.0. The van der Waals surface area contributed by atoms with Gasteiger partial charge in [-0.2, -0.15) is 0 Å². The SMILES string of the molecule is CC(=O)OCC(=O)[C@@]1(O)CCC2C3CCC4=CC(=O)CC[C@]4(C)C3CC[C@@]21C. The molecule has 0 spiro atoms.